The highest BCUT2D eigenvalue weighted by atomic mass is 35.5. The number of rotatable bonds is 7. The molecule has 4 aromatic rings. The fourth-order valence-corrected chi connectivity index (χ4v) is 3.06. The first kappa shape index (κ1) is 20.3. The van der Waals surface area contributed by atoms with Crippen molar-refractivity contribution in [2.75, 3.05) is 6.61 Å². The number of benzene rings is 3. The van der Waals surface area contributed by atoms with Crippen molar-refractivity contribution < 1.29 is 18.8 Å². The normalized spacial score (nSPS) is 10.6. The van der Waals surface area contributed by atoms with Crippen LogP contribution in [0.4, 0.5) is 0 Å². The number of halogens is 1. The lowest BCUT2D eigenvalue weighted by Crippen LogP contribution is -2.19. The van der Waals surface area contributed by atoms with E-state index in [2.05, 4.69) is 10.1 Å². The summed E-state index contributed by atoms with van der Waals surface area (Å²) in [5.74, 6) is 0.332. The molecule has 154 valence electrons. The van der Waals surface area contributed by atoms with Crippen molar-refractivity contribution in [3.63, 3.8) is 0 Å². The van der Waals surface area contributed by atoms with Crippen molar-refractivity contribution in [1.29, 1.82) is 0 Å². The molecule has 0 atom stereocenters. The van der Waals surface area contributed by atoms with Crippen LogP contribution in [-0.4, -0.2) is 28.4 Å². The molecule has 4 rings (SSSR count). The molecule has 0 fully saturated rings. The lowest BCUT2D eigenvalue weighted by Gasteiger charge is -2.05. The van der Waals surface area contributed by atoms with Crippen LogP contribution in [0.3, 0.4) is 0 Å². The van der Waals surface area contributed by atoms with Gasteiger partial charge in [0.25, 0.3) is 11.8 Å². The number of ketones is 1. The van der Waals surface area contributed by atoms with Crippen LogP contribution in [0.2, 0.25) is 5.02 Å². The lowest BCUT2D eigenvalue weighted by atomic mass is 9.98. The van der Waals surface area contributed by atoms with Gasteiger partial charge in [0, 0.05) is 21.7 Å². The van der Waals surface area contributed by atoms with E-state index in [9.17, 15) is 9.59 Å². The molecule has 0 aliphatic rings. The van der Waals surface area contributed by atoms with Crippen LogP contribution >= 0.6 is 11.6 Å². The highest BCUT2D eigenvalue weighted by Gasteiger charge is 2.19. The molecule has 1 amide bonds. The zero-order valence-electron chi connectivity index (χ0n) is 16.1. The molecular weight excluding hydrogens is 418 g/mol. The highest BCUT2D eigenvalue weighted by molar-refractivity contribution is 6.30. The third kappa shape index (κ3) is 4.62. The minimum absolute atomic E-state index is 0.178. The van der Waals surface area contributed by atoms with E-state index < -0.39 is 5.91 Å². The Morgan fingerprint density at radius 1 is 0.968 bits per heavy atom. The standard InChI is InChI=1S/C23H16ClN3O4/c24-16-9-5-14(6-10-16)21(29)18-3-1-2-4-19(18)23-26-22(27-31-23)15-7-11-17(12-8-15)30-13-20(25)28/h1-12H,13H2,(H2,25,28). The van der Waals surface area contributed by atoms with Crippen LogP contribution in [0.1, 0.15) is 15.9 Å². The summed E-state index contributed by atoms with van der Waals surface area (Å²) in [5.41, 5.74) is 7.23. The van der Waals surface area contributed by atoms with Gasteiger partial charge in [-0.2, -0.15) is 4.98 Å². The Balaban J connectivity index is 1.60. The van der Waals surface area contributed by atoms with Gasteiger partial charge in [0.2, 0.25) is 5.82 Å². The lowest BCUT2D eigenvalue weighted by molar-refractivity contribution is -0.119. The van der Waals surface area contributed by atoms with Gasteiger partial charge in [-0.15, -0.1) is 0 Å². The van der Waals surface area contributed by atoms with Crippen molar-refractivity contribution >= 4 is 23.3 Å². The van der Waals surface area contributed by atoms with Crippen molar-refractivity contribution in [2.45, 2.75) is 0 Å². The van der Waals surface area contributed by atoms with E-state index in [1.165, 1.54) is 0 Å². The summed E-state index contributed by atoms with van der Waals surface area (Å²) >= 11 is 5.92. The fraction of sp³-hybridized carbons (Fsp3) is 0.0435. The average molecular weight is 434 g/mol. The molecule has 0 bridgehead atoms. The van der Waals surface area contributed by atoms with Crippen molar-refractivity contribution in [1.82, 2.24) is 10.1 Å². The number of amides is 1. The Morgan fingerprint density at radius 2 is 1.68 bits per heavy atom. The average Bonchev–Trinajstić information content (AvgIpc) is 3.28. The zero-order valence-corrected chi connectivity index (χ0v) is 16.9. The van der Waals surface area contributed by atoms with Crippen LogP contribution in [0.15, 0.2) is 77.3 Å². The number of carbonyl (C=O) groups excluding carboxylic acids is 2. The smallest absolute Gasteiger partial charge is 0.258 e. The second-order valence-corrected chi connectivity index (χ2v) is 7.02. The van der Waals surface area contributed by atoms with E-state index in [1.54, 1.807) is 72.8 Å². The minimum Gasteiger partial charge on any atom is -0.484 e. The summed E-state index contributed by atoms with van der Waals surface area (Å²) in [7, 11) is 0. The predicted octanol–water partition coefficient (Wildman–Crippen LogP) is 4.15. The van der Waals surface area contributed by atoms with Gasteiger partial charge in [0.1, 0.15) is 5.75 Å². The number of hydrogen-bond donors (Lipinski definition) is 1. The topological polar surface area (TPSA) is 108 Å². The first-order chi connectivity index (χ1) is 15.0. The molecule has 0 saturated carbocycles. The Kier molecular flexibility index (Phi) is 5.77. The van der Waals surface area contributed by atoms with Crippen LogP contribution in [0.5, 0.6) is 5.75 Å². The maximum Gasteiger partial charge on any atom is 0.258 e. The van der Waals surface area contributed by atoms with E-state index in [4.69, 9.17) is 26.6 Å². The summed E-state index contributed by atoms with van der Waals surface area (Å²) in [6.45, 7) is -0.204. The van der Waals surface area contributed by atoms with Crippen LogP contribution in [0, 0.1) is 0 Å². The van der Waals surface area contributed by atoms with Gasteiger partial charge in [-0.3, -0.25) is 9.59 Å². The Hall–Kier alpha value is -3.97. The first-order valence-electron chi connectivity index (χ1n) is 9.26. The molecular formula is C23H16ClN3O4. The van der Waals surface area contributed by atoms with Crippen molar-refractivity contribution in [3.05, 3.63) is 88.9 Å². The van der Waals surface area contributed by atoms with E-state index in [-0.39, 0.29) is 18.3 Å². The van der Waals surface area contributed by atoms with Crippen LogP contribution in [-0.2, 0) is 4.79 Å². The fourth-order valence-electron chi connectivity index (χ4n) is 2.93. The van der Waals surface area contributed by atoms with Gasteiger partial charge >= 0.3 is 0 Å². The first-order valence-corrected chi connectivity index (χ1v) is 9.64. The quantitative estimate of drug-likeness (QED) is 0.438. The van der Waals surface area contributed by atoms with E-state index in [1.807, 2.05) is 0 Å². The molecule has 3 aromatic carbocycles. The second-order valence-electron chi connectivity index (χ2n) is 6.58. The molecule has 2 N–H and O–H groups in total. The Morgan fingerprint density at radius 3 is 2.39 bits per heavy atom. The number of ether oxygens (including phenoxy) is 1. The number of hydrogen-bond acceptors (Lipinski definition) is 6. The summed E-state index contributed by atoms with van der Waals surface area (Å²) in [4.78, 5) is 28.2. The van der Waals surface area contributed by atoms with Gasteiger partial charge in [-0.05, 0) is 54.6 Å². The highest BCUT2D eigenvalue weighted by Crippen LogP contribution is 2.28. The Labute approximate surface area is 182 Å². The van der Waals surface area contributed by atoms with E-state index in [0.29, 0.717) is 38.9 Å². The molecule has 0 unspecified atom stereocenters. The molecule has 0 saturated heterocycles. The number of aromatic nitrogens is 2. The summed E-state index contributed by atoms with van der Waals surface area (Å²) in [5, 5.41) is 4.57. The molecule has 0 aliphatic carbocycles. The van der Waals surface area contributed by atoms with Crippen LogP contribution in [0.25, 0.3) is 22.8 Å². The molecule has 1 heterocycles. The number of carbonyl (C=O) groups is 2. The van der Waals surface area contributed by atoms with Gasteiger partial charge in [-0.25, -0.2) is 0 Å². The number of nitrogens with zero attached hydrogens (tertiary/aromatic N) is 2. The minimum atomic E-state index is -0.557. The van der Waals surface area contributed by atoms with Crippen molar-refractivity contribution in [3.8, 4) is 28.6 Å². The molecule has 7 nitrogen and oxygen atoms in total. The second kappa shape index (κ2) is 8.81. The Bertz CT molecular complexity index is 1230. The van der Waals surface area contributed by atoms with E-state index in [0.717, 1.165) is 0 Å². The maximum atomic E-state index is 13.0. The molecule has 1 aromatic heterocycles. The zero-order chi connectivity index (χ0) is 21.8. The third-order valence-corrected chi connectivity index (χ3v) is 4.68. The molecule has 0 radical (unpaired) electrons. The van der Waals surface area contributed by atoms with Gasteiger partial charge in [0.05, 0.1) is 5.56 Å². The molecule has 0 spiro atoms. The van der Waals surface area contributed by atoms with Crippen LogP contribution < -0.4 is 10.5 Å². The summed E-state index contributed by atoms with van der Waals surface area (Å²) in [6, 6.07) is 20.5. The summed E-state index contributed by atoms with van der Waals surface area (Å²) < 4.78 is 10.7. The van der Waals surface area contributed by atoms with Gasteiger partial charge < -0.3 is 15.0 Å². The third-order valence-electron chi connectivity index (χ3n) is 4.43. The molecule has 0 aliphatic heterocycles. The SMILES string of the molecule is NC(=O)COc1ccc(-c2noc(-c3ccccc3C(=O)c3ccc(Cl)cc3)n2)cc1. The van der Waals surface area contributed by atoms with Crippen molar-refractivity contribution in [2.24, 2.45) is 5.73 Å². The van der Waals surface area contributed by atoms with Gasteiger partial charge in [-0.1, -0.05) is 35.0 Å². The van der Waals surface area contributed by atoms with E-state index >= 15 is 0 Å². The maximum absolute atomic E-state index is 13.0. The number of primary amides is 1. The van der Waals surface area contributed by atoms with Gasteiger partial charge in [0.15, 0.2) is 12.4 Å². The molecule has 31 heavy (non-hydrogen) atoms. The predicted molar refractivity (Wildman–Crippen MR) is 115 cm³/mol. The summed E-state index contributed by atoms with van der Waals surface area (Å²) in [6.07, 6.45) is 0. The monoisotopic (exact) mass is 433 g/mol. The largest absolute Gasteiger partial charge is 0.484 e. The molecule has 8 heteroatoms. The number of nitrogens with two attached hydrogens (primary N) is 1.